The largest absolute Gasteiger partial charge is 0.351 e. The van der Waals surface area contributed by atoms with Crippen molar-refractivity contribution in [1.82, 2.24) is 10.2 Å². The molecule has 6 rings (SSSR count). The minimum atomic E-state index is -0.316. The predicted molar refractivity (Wildman–Crippen MR) is 109 cm³/mol. The number of hydrogen-bond donors (Lipinski definition) is 1. The van der Waals surface area contributed by atoms with Gasteiger partial charge in [-0.2, -0.15) is 0 Å². The van der Waals surface area contributed by atoms with Crippen LogP contribution in [0.2, 0.25) is 0 Å². The van der Waals surface area contributed by atoms with E-state index >= 15 is 0 Å². The molecule has 1 aliphatic heterocycles. The van der Waals surface area contributed by atoms with Crippen molar-refractivity contribution < 1.29 is 9.59 Å². The first kappa shape index (κ1) is 18.2. The lowest BCUT2D eigenvalue weighted by Gasteiger charge is -2.59. The summed E-state index contributed by atoms with van der Waals surface area (Å²) in [5, 5.41) is 3.38. The van der Waals surface area contributed by atoms with Gasteiger partial charge in [-0.25, -0.2) is 0 Å². The third-order valence-electron chi connectivity index (χ3n) is 8.20. The SMILES string of the molecule is C[C@@H](NC(=O)[C@@H]1CCCN1C(=O)c1ccccc1)C12CC3CC(CC(C3)C1)C2. The Morgan fingerprint density at radius 3 is 2.25 bits per heavy atom. The molecule has 2 atom stereocenters. The van der Waals surface area contributed by atoms with E-state index in [9.17, 15) is 9.59 Å². The molecule has 1 aromatic rings. The van der Waals surface area contributed by atoms with Crippen LogP contribution in [-0.2, 0) is 4.79 Å². The molecule has 1 N–H and O–H groups in total. The van der Waals surface area contributed by atoms with E-state index in [0.29, 0.717) is 17.5 Å². The van der Waals surface area contributed by atoms with Gasteiger partial charge in [0, 0.05) is 18.2 Å². The topological polar surface area (TPSA) is 49.4 Å². The molecule has 4 bridgehead atoms. The second-order valence-electron chi connectivity index (χ2n) is 10.0. The molecular formula is C24H32N2O2. The second kappa shape index (κ2) is 6.89. The maximum atomic E-state index is 13.2. The number of likely N-dealkylation sites (tertiary alicyclic amines) is 1. The zero-order chi connectivity index (χ0) is 19.3. The van der Waals surface area contributed by atoms with E-state index in [-0.39, 0.29) is 23.9 Å². The summed E-state index contributed by atoms with van der Waals surface area (Å²) < 4.78 is 0. The van der Waals surface area contributed by atoms with Gasteiger partial charge in [-0.3, -0.25) is 9.59 Å². The highest BCUT2D eigenvalue weighted by molar-refractivity contribution is 5.98. The highest BCUT2D eigenvalue weighted by atomic mass is 16.2. The number of nitrogens with zero attached hydrogens (tertiary/aromatic N) is 1. The van der Waals surface area contributed by atoms with Crippen LogP contribution in [0, 0.1) is 23.2 Å². The number of benzene rings is 1. The van der Waals surface area contributed by atoms with Crippen molar-refractivity contribution in [3.63, 3.8) is 0 Å². The van der Waals surface area contributed by atoms with Crippen molar-refractivity contribution in [2.45, 2.75) is 70.4 Å². The first-order chi connectivity index (χ1) is 13.5. The number of hydrogen-bond acceptors (Lipinski definition) is 2. The van der Waals surface area contributed by atoms with Crippen LogP contribution in [0.1, 0.15) is 68.6 Å². The number of carbonyl (C=O) groups is 2. The standard InChI is InChI=1S/C24H32N2O2/c1-16(24-13-17-10-18(14-24)12-19(11-17)15-24)25-22(27)21-8-5-9-26(21)23(28)20-6-3-2-4-7-20/h2-4,6-7,16-19,21H,5,8-15H2,1H3,(H,25,27)/t16-,17?,18?,19?,21+,24?/m1/s1. The molecule has 4 nitrogen and oxygen atoms in total. The summed E-state index contributed by atoms with van der Waals surface area (Å²) in [4.78, 5) is 27.9. The molecule has 4 saturated carbocycles. The molecular weight excluding hydrogens is 348 g/mol. The Hall–Kier alpha value is -1.84. The average Bonchev–Trinajstić information content (AvgIpc) is 3.17. The third kappa shape index (κ3) is 3.05. The first-order valence-corrected chi connectivity index (χ1v) is 11.2. The van der Waals surface area contributed by atoms with Crippen molar-refractivity contribution >= 4 is 11.8 Å². The fourth-order valence-electron chi connectivity index (χ4n) is 7.20. The smallest absolute Gasteiger partial charge is 0.254 e. The molecule has 0 radical (unpaired) electrons. The van der Waals surface area contributed by atoms with Crippen molar-refractivity contribution in [1.29, 1.82) is 0 Å². The Balaban J connectivity index is 1.28. The van der Waals surface area contributed by atoms with E-state index in [1.54, 1.807) is 4.90 Å². The van der Waals surface area contributed by atoms with Gasteiger partial charge in [-0.1, -0.05) is 18.2 Å². The molecule has 0 unspecified atom stereocenters. The summed E-state index contributed by atoms with van der Waals surface area (Å²) in [5.41, 5.74) is 0.980. The van der Waals surface area contributed by atoms with Crippen LogP contribution in [0.15, 0.2) is 30.3 Å². The van der Waals surface area contributed by atoms with Crippen molar-refractivity contribution in [3.8, 4) is 0 Å². The van der Waals surface area contributed by atoms with Gasteiger partial charge in [0.05, 0.1) is 0 Å². The predicted octanol–water partition coefficient (Wildman–Crippen LogP) is 4.01. The van der Waals surface area contributed by atoms with Gasteiger partial charge in [-0.05, 0) is 93.6 Å². The van der Waals surface area contributed by atoms with E-state index in [1.165, 1.54) is 38.5 Å². The molecule has 5 fully saturated rings. The number of nitrogens with one attached hydrogen (secondary N) is 1. The molecule has 1 aromatic carbocycles. The van der Waals surface area contributed by atoms with Gasteiger partial charge < -0.3 is 10.2 Å². The number of amides is 2. The van der Waals surface area contributed by atoms with Gasteiger partial charge in [0.25, 0.3) is 5.91 Å². The first-order valence-electron chi connectivity index (χ1n) is 11.2. The molecule has 28 heavy (non-hydrogen) atoms. The van der Waals surface area contributed by atoms with Crippen LogP contribution in [0.3, 0.4) is 0 Å². The van der Waals surface area contributed by atoms with Crippen LogP contribution in [0.4, 0.5) is 0 Å². The Kier molecular flexibility index (Phi) is 4.48. The Morgan fingerprint density at radius 2 is 1.64 bits per heavy atom. The molecule has 2 amide bonds. The highest BCUT2D eigenvalue weighted by Crippen LogP contribution is 2.61. The summed E-state index contributed by atoms with van der Waals surface area (Å²) in [6.45, 7) is 2.90. The Labute approximate surface area is 168 Å². The normalized spacial score (nSPS) is 37.1. The molecule has 1 heterocycles. The summed E-state index contributed by atoms with van der Waals surface area (Å²) in [5.74, 6) is 2.69. The number of carbonyl (C=O) groups excluding carboxylic acids is 2. The van der Waals surface area contributed by atoms with Gasteiger partial charge in [0.2, 0.25) is 5.91 Å². The Bertz CT molecular complexity index is 724. The zero-order valence-corrected chi connectivity index (χ0v) is 16.9. The fourth-order valence-corrected chi connectivity index (χ4v) is 7.20. The maximum Gasteiger partial charge on any atom is 0.254 e. The maximum absolute atomic E-state index is 13.2. The monoisotopic (exact) mass is 380 g/mol. The lowest BCUT2D eigenvalue weighted by molar-refractivity contribution is -0.129. The van der Waals surface area contributed by atoms with Crippen molar-refractivity contribution in [3.05, 3.63) is 35.9 Å². The molecule has 4 heteroatoms. The summed E-state index contributed by atoms with van der Waals surface area (Å²) in [6.07, 6.45) is 9.80. The van der Waals surface area contributed by atoms with E-state index in [4.69, 9.17) is 0 Å². The molecule has 0 aromatic heterocycles. The summed E-state index contributed by atoms with van der Waals surface area (Å²) in [7, 11) is 0. The highest BCUT2D eigenvalue weighted by Gasteiger charge is 2.53. The van der Waals surface area contributed by atoms with Gasteiger partial charge in [0.1, 0.15) is 6.04 Å². The zero-order valence-electron chi connectivity index (χ0n) is 16.9. The van der Waals surface area contributed by atoms with Crippen molar-refractivity contribution in [2.75, 3.05) is 6.54 Å². The van der Waals surface area contributed by atoms with Crippen LogP contribution in [-0.4, -0.2) is 35.3 Å². The minimum absolute atomic E-state index is 0.0132. The lowest BCUT2D eigenvalue weighted by Crippen LogP contribution is -2.58. The van der Waals surface area contributed by atoms with Crippen LogP contribution in [0.5, 0.6) is 0 Å². The van der Waals surface area contributed by atoms with Crippen LogP contribution < -0.4 is 5.32 Å². The van der Waals surface area contributed by atoms with Gasteiger partial charge in [0.15, 0.2) is 0 Å². The molecule has 0 spiro atoms. The second-order valence-corrected chi connectivity index (χ2v) is 10.0. The summed E-state index contributed by atoms with van der Waals surface area (Å²) in [6, 6.07) is 9.26. The van der Waals surface area contributed by atoms with Crippen LogP contribution >= 0.6 is 0 Å². The molecule has 5 aliphatic rings. The lowest BCUT2D eigenvalue weighted by atomic mass is 9.48. The minimum Gasteiger partial charge on any atom is -0.351 e. The Morgan fingerprint density at radius 1 is 1.04 bits per heavy atom. The van der Waals surface area contributed by atoms with Crippen LogP contribution in [0.25, 0.3) is 0 Å². The quantitative estimate of drug-likeness (QED) is 0.858. The third-order valence-corrected chi connectivity index (χ3v) is 8.20. The number of rotatable bonds is 4. The van der Waals surface area contributed by atoms with E-state index < -0.39 is 0 Å². The fraction of sp³-hybridized carbons (Fsp3) is 0.667. The average molecular weight is 381 g/mol. The molecule has 1 saturated heterocycles. The van der Waals surface area contributed by atoms with E-state index in [0.717, 1.165) is 30.6 Å². The van der Waals surface area contributed by atoms with Gasteiger partial charge in [-0.15, -0.1) is 0 Å². The molecule has 150 valence electrons. The van der Waals surface area contributed by atoms with E-state index in [1.807, 2.05) is 30.3 Å². The summed E-state index contributed by atoms with van der Waals surface area (Å²) >= 11 is 0. The van der Waals surface area contributed by atoms with Crippen molar-refractivity contribution in [2.24, 2.45) is 23.2 Å². The van der Waals surface area contributed by atoms with Gasteiger partial charge >= 0.3 is 0 Å². The van der Waals surface area contributed by atoms with E-state index in [2.05, 4.69) is 12.2 Å². The molecule has 4 aliphatic carbocycles.